The van der Waals surface area contributed by atoms with E-state index in [2.05, 4.69) is 45.9 Å². The summed E-state index contributed by atoms with van der Waals surface area (Å²) in [6.07, 6.45) is 0.848. The molecule has 1 unspecified atom stereocenters. The summed E-state index contributed by atoms with van der Waals surface area (Å²) in [4.78, 5) is 4.76. The first-order valence-corrected chi connectivity index (χ1v) is 10.6. The molecule has 0 spiro atoms. The number of rotatable bonds is 6. The third-order valence-corrected chi connectivity index (χ3v) is 5.43. The molecule has 0 saturated carbocycles. The predicted molar refractivity (Wildman–Crippen MR) is 117 cm³/mol. The van der Waals surface area contributed by atoms with Gasteiger partial charge in [-0.2, -0.15) is 0 Å². The molecule has 4 rings (SSSR count). The van der Waals surface area contributed by atoms with Gasteiger partial charge in [0.05, 0.1) is 24.9 Å². The lowest BCUT2D eigenvalue weighted by Gasteiger charge is -2.28. The number of aliphatic imine (C=N–C) groups is 1. The Morgan fingerprint density at radius 1 is 1.29 bits per heavy atom. The molecule has 0 bridgehead atoms. The van der Waals surface area contributed by atoms with Gasteiger partial charge in [-0.15, -0.1) is 10.2 Å². The van der Waals surface area contributed by atoms with Gasteiger partial charge in [0.2, 0.25) is 0 Å². The number of aryl methyl sites for hydroxylation is 1. The van der Waals surface area contributed by atoms with Crippen molar-refractivity contribution in [3.63, 3.8) is 0 Å². The lowest BCUT2D eigenvalue weighted by atomic mass is 10.0. The molecular formula is C22H29N7O2. The molecule has 0 fully saturated rings. The molecule has 164 valence electrons. The van der Waals surface area contributed by atoms with Crippen LogP contribution in [-0.2, 0) is 20.1 Å². The van der Waals surface area contributed by atoms with E-state index in [0.717, 1.165) is 40.8 Å². The van der Waals surface area contributed by atoms with Crippen LogP contribution in [0.2, 0.25) is 0 Å². The molecular weight excluding hydrogens is 394 g/mol. The van der Waals surface area contributed by atoms with Gasteiger partial charge in [0.15, 0.2) is 17.5 Å². The monoisotopic (exact) mass is 423 g/mol. The third kappa shape index (κ3) is 4.87. The zero-order valence-electron chi connectivity index (χ0n) is 18.4. The van der Waals surface area contributed by atoms with E-state index < -0.39 is 0 Å². The molecule has 2 N–H and O–H groups in total. The number of hydrogen-bond donors (Lipinski definition) is 2. The Kier molecular flexibility index (Phi) is 6.20. The van der Waals surface area contributed by atoms with Crippen LogP contribution in [0.15, 0.2) is 39.8 Å². The first kappa shape index (κ1) is 20.9. The van der Waals surface area contributed by atoms with E-state index in [-0.39, 0.29) is 6.04 Å². The van der Waals surface area contributed by atoms with E-state index in [9.17, 15) is 0 Å². The molecule has 0 amide bonds. The molecule has 0 saturated heterocycles. The molecule has 0 radical (unpaired) electrons. The van der Waals surface area contributed by atoms with E-state index in [0.29, 0.717) is 31.6 Å². The second-order valence-electron chi connectivity index (χ2n) is 7.99. The Morgan fingerprint density at radius 2 is 2.13 bits per heavy atom. The van der Waals surface area contributed by atoms with Crippen LogP contribution in [0.25, 0.3) is 0 Å². The Balaban J connectivity index is 1.52. The Hall–Kier alpha value is -3.36. The number of hydrogen-bond acceptors (Lipinski definition) is 6. The molecule has 1 aliphatic rings. The summed E-state index contributed by atoms with van der Waals surface area (Å²) in [5, 5.41) is 19.4. The molecule has 31 heavy (non-hydrogen) atoms. The highest BCUT2D eigenvalue weighted by molar-refractivity contribution is 5.80. The van der Waals surface area contributed by atoms with Crippen molar-refractivity contribution in [3.8, 4) is 5.75 Å². The molecule has 1 aromatic carbocycles. The van der Waals surface area contributed by atoms with Gasteiger partial charge in [-0.25, -0.2) is 4.99 Å². The topological polar surface area (TPSA) is 102 Å². The quantitative estimate of drug-likeness (QED) is 0.464. The maximum atomic E-state index is 5.79. The molecule has 3 aromatic rings. The van der Waals surface area contributed by atoms with E-state index in [1.165, 1.54) is 0 Å². The molecule has 3 heterocycles. The van der Waals surface area contributed by atoms with Gasteiger partial charge in [-0.05, 0) is 18.9 Å². The smallest absolute Gasteiger partial charge is 0.192 e. The fourth-order valence-electron chi connectivity index (χ4n) is 3.40. The van der Waals surface area contributed by atoms with Crippen LogP contribution in [-0.4, -0.2) is 32.5 Å². The van der Waals surface area contributed by atoms with E-state index in [1.807, 2.05) is 42.8 Å². The zero-order chi connectivity index (χ0) is 21.8. The lowest BCUT2D eigenvalue weighted by Crippen LogP contribution is -2.40. The van der Waals surface area contributed by atoms with Crippen LogP contribution in [0.4, 0.5) is 0 Å². The Morgan fingerprint density at radius 3 is 2.87 bits per heavy atom. The summed E-state index contributed by atoms with van der Waals surface area (Å²) < 4.78 is 13.2. The number of fused-ring (bicyclic) bond motifs is 1. The number of nitrogens with zero attached hydrogens (tertiary/aromatic N) is 5. The van der Waals surface area contributed by atoms with Gasteiger partial charge < -0.3 is 24.5 Å². The van der Waals surface area contributed by atoms with Crippen LogP contribution >= 0.6 is 0 Å². The van der Waals surface area contributed by atoms with Gasteiger partial charge in [-0.3, -0.25) is 0 Å². The third-order valence-electron chi connectivity index (χ3n) is 5.43. The predicted octanol–water partition coefficient (Wildman–Crippen LogP) is 2.99. The number of ether oxygens (including phenoxy) is 1. The molecule has 1 atom stereocenters. The van der Waals surface area contributed by atoms with Gasteiger partial charge >= 0.3 is 0 Å². The van der Waals surface area contributed by atoms with Crippen molar-refractivity contribution >= 4 is 5.96 Å². The maximum absolute atomic E-state index is 5.79. The first-order valence-electron chi connectivity index (χ1n) is 10.6. The maximum Gasteiger partial charge on any atom is 0.192 e. The fraction of sp³-hybridized carbons (Fsp3) is 0.455. The van der Waals surface area contributed by atoms with Crippen LogP contribution in [0.3, 0.4) is 0 Å². The minimum atomic E-state index is 0.0957. The van der Waals surface area contributed by atoms with Crippen molar-refractivity contribution in [2.24, 2.45) is 12.0 Å². The van der Waals surface area contributed by atoms with Crippen LogP contribution < -0.4 is 15.4 Å². The number of guanidine groups is 1. The van der Waals surface area contributed by atoms with Crippen molar-refractivity contribution < 1.29 is 9.26 Å². The molecule has 9 nitrogen and oxygen atoms in total. The highest BCUT2D eigenvalue weighted by Gasteiger charge is 2.22. The van der Waals surface area contributed by atoms with Crippen molar-refractivity contribution in [2.75, 3.05) is 6.61 Å². The molecule has 0 aliphatic carbocycles. The summed E-state index contributed by atoms with van der Waals surface area (Å²) in [5.41, 5.74) is 2.07. The average molecular weight is 424 g/mol. The van der Waals surface area contributed by atoms with Crippen LogP contribution in [0.5, 0.6) is 5.75 Å². The second kappa shape index (κ2) is 9.20. The van der Waals surface area contributed by atoms with Crippen LogP contribution in [0.1, 0.15) is 60.9 Å². The Bertz CT molecular complexity index is 1050. The summed E-state index contributed by atoms with van der Waals surface area (Å²) in [5.74, 6) is 4.32. The average Bonchev–Trinajstić information content (AvgIpc) is 3.38. The normalized spacial score (nSPS) is 16.2. The Labute approximate surface area is 181 Å². The van der Waals surface area contributed by atoms with E-state index in [1.54, 1.807) is 0 Å². The van der Waals surface area contributed by atoms with Crippen LogP contribution in [0, 0.1) is 6.92 Å². The molecule has 1 aliphatic heterocycles. The van der Waals surface area contributed by atoms with E-state index >= 15 is 0 Å². The van der Waals surface area contributed by atoms with Crippen molar-refractivity contribution in [1.29, 1.82) is 0 Å². The molecule has 9 heteroatoms. The van der Waals surface area contributed by atoms with Crippen molar-refractivity contribution in [3.05, 3.63) is 59.0 Å². The summed E-state index contributed by atoms with van der Waals surface area (Å²) >= 11 is 0. The van der Waals surface area contributed by atoms with Gasteiger partial charge in [0.1, 0.15) is 18.1 Å². The second-order valence-corrected chi connectivity index (χ2v) is 7.99. The van der Waals surface area contributed by atoms with Gasteiger partial charge in [0.25, 0.3) is 0 Å². The SMILES string of the molecule is Cc1nnc(CN=C(NCc2cc(C(C)C)no2)NC2CCOc3ccccc32)n1C. The number of benzene rings is 1. The summed E-state index contributed by atoms with van der Waals surface area (Å²) in [7, 11) is 1.94. The number of aromatic nitrogens is 4. The fourth-order valence-corrected chi connectivity index (χ4v) is 3.40. The molecule has 2 aromatic heterocycles. The van der Waals surface area contributed by atoms with Gasteiger partial charge in [0, 0.05) is 25.1 Å². The zero-order valence-corrected chi connectivity index (χ0v) is 18.4. The minimum absolute atomic E-state index is 0.0957. The summed E-state index contributed by atoms with van der Waals surface area (Å²) in [6.45, 7) is 7.65. The van der Waals surface area contributed by atoms with E-state index in [4.69, 9.17) is 14.3 Å². The minimum Gasteiger partial charge on any atom is -0.493 e. The largest absolute Gasteiger partial charge is 0.493 e. The van der Waals surface area contributed by atoms with Gasteiger partial charge in [-0.1, -0.05) is 37.2 Å². The highest BCUT2D eigenvalue weighted by atomic mass is 16.5. The standard InChI is InChI=1S/C22H29N7O2/c1-14(2)19-11-16(31-28-19)12-23-22(24-13-21-27-26-15(3)29(21)4)25-18-9-10-30-20-8-6-5-7-17(18)20/h5-8,11,14,18H,9-10,12-13H2,1-4H3,(H2,23,24,25). The first-order chi connectivity index (χ1) is 15.0. The highest BCUT2D eigenvalue weighted by Crippen LogP contribution is 2.31. The van der Waals surface area contributed by atoms with Crippen molar-refractivity contribution in [1.82, 2.24) is 30.6 Å². The summed E-state index contributed by atoms with van der Waals surface area (Å²) in [6, 6.07) is 10.2. The number of nitrogens with one attached hydrogen (secondary N) is 2. The lowest BCUT2D eigenvalue weighted by molar-refractivity contribution is 0.261. The van der Waals surface area contributed by atoms with Crippen molar-refractivity contribution in [2.45, 2.75) is 52.2 Å². The number of para-hydroxylation sites is 1.